The van der Waals surface area contributed by atoms with Crippen molar-refractivity contribution in [1.29, 1.82) is 0 Å². The number of carbonyl (C=O) groups is 2. The number of amides is 3. The van der Waals surface area contributed by atoms with E-state index in [1.807, 2.05) is 25.7 Å². The molecule has 0 bridgehead atoms. The minimum Gasteiger partial charge on any atom is -0.336 e. The van der Waals surface area contributed by atoms with Gasteiger partial charge >= 0.3 is 6.03 Å². The van der Waals surface area contributed by atoms with Gasteiger partial charge in [0.1, 0.15) is 0 Å². The number of urea groups is 1. The van der Waals surface area contributed by atoms with Crippen LogP contribution in [0.25, 0.3) is 0 Å². The van der Waals surface area contributed by atoms with E-state index in [1.54, 1.807) is 0 Å². The molecule has 0 saturated carbocycles. The van der Waals surface area contributed by atoms with Crippen LogP contribution in [0.3, 0.4) is 0 Å². The van der Waals surface area contributed by atoms with Gasteiger partial charge in [-0.2, -0.15) is 0 Å². The van der Waals surface area contributed by atoms with Crippen molar-refractivity contribution >= 4 is 11.9 Å². The largest absolute Gasteiger partial charge is 0.336 e. The zero-order valence-corrected chi connectivity index (χ0v) is 11.4. The van der Waals surface area contributed by atoms with Crippen molar-refractivity contribution in [2.24, 2.45) is 11.7 Å². The molecule has 6 nitrogen and oxygen atoms in total. The van der Waals surface area contributed by atoms with Crippen molar-refractivity contribution in [2.45, 2.75) is 39.3 Å². The highest BCUT2D eigenvalue weighted by atomic mass is 16.2. The number of hydrogen-bond donors (Lipinski definition) is 3. The molecule has 1 aliphatic rings. The molecule has 1 heterocycles. The number of carbonyl (C=O) groups excluding carboxylic acids is 2. The number of nitrogens with zero attached hydrogens (tertiary/aromatic N) is 1. The lowest BCUT2D eigenvalue weighted by atomic mass is 10.0. The van der Waals surface area contributed by atoms with Gasteiger partial charge in [-0.05, 0) is 39.7 Å². The highest BCUT2D eigenvalue weighted by Gasteiger charge is 2.26. The number of rotatable bonds is 4. The summed E-state index contributed by atoms with van der Waals surface area (Å²) >= 11 is 0. The maximum absolute atomic E-state index is 11.6. The van der Waals surface area contributed by atoms with Crippen LogP contribution in [0.1, 0.15) is 27.2 Å². The molecule has 3 amide bonds. The quantitative estimate of drug-likeness (QED) is 0.655. The lowest BCUT2D eigenvalue weighted by Crippen LogP contribution is -2.46. The highest BCUT2D eigenvalue weighted by Crippen LogP contribution is 2.17. The van der Waals surface area contributed by atoms with Crippen LogP contribution in [0, 0.1) is 5.92 Å². The lowest BCUT2D eigenvalue weighted by molar-refractivity contribution is -0.120. The summed E-state index contributed by atoms with van der Waals surface area (Å²) in [5.41, 5.74) is 5.83. The van der Waals surface area contributed by atoms with Gasteiger partial charge in [-0.25, -0.2) is 4.79 Å². The van der Waals surface area contributed by atoms with Gasteiger partial charge in [0.15, 0.2) is 0 Å². The Labute approximate surface area is 108 Å². The minimum absolute atomic E-state index is 0.0204. The Morgan fingerprint density at radius 1 is 1.39 bits per heavy atom. The van der Waals surface area contributed by atoms with Gasteiger partial charge in [0.05, 0.1) is 6.54 Å². The first-order chi connectivity index (χ1) is 8.38. The van der Waals surface area contributed by atoms with Gasteiger partial charge < -0.3 is 11.1 Å². The van der Waals surface area contributed by atoms with E-state index in [0.29, 0.717) is 5.92 Å². The molecular formula is C12H24N4O2. The molecule has 1 fully saturated rings. The second-order valence-corrected chi connectivity index (χ2v) is 5.32. The van der Waals surface area contributed by atoms with Gasteiger partial charge in [0.2, 0.25) is 5.91 Å². The molecule has 18 heavy (non-hydrogen) atoms. The van der Waals surface area contributed by atoms with E-state index in [4.69, 9.17) is 5.73 Å². The fraction of sp³-hybridized carbons (Fsp3) is 0.833. The topological polar surface area (TPSA) is 87.5 Å². The normalized spacial score (nSPS) is 21.9. The van der Waals surface area contributed by atoms with Crippen molar-refractivity contribution in [2.75, 3.05) is 19.6 Å². The van der Waals surface area contributed by atoms with Crippen LogP contribution in [0.2, 0.25) is 0 Å². The maximum Gasteiger partial charge on any atom is 0.321 e. The first-order valence-corrected chi connectivity index (χ1v) is 6.46. The molecule has 0 aliphatic carbocycles. The van der Waals surface area contributed by atoms with Crippen molar-refractivity contribution in [3.8, 4) is 0 Å². The molecule has 1 saturated heterocycles. The van der Waals surface area contributed by atoms with Crippen LogP contribution in [0.15, 0.2) is 0 Å². The van der Waals surface area contributed by atoms with E-state index in [-0.39, 0.29) is 24.5 Å². The van der Waals surface area contributed by atoms with Gasteiger partial charge in [0, 0.05) is 18.6 Å². The number of nitrogens with two attached hydrogens (primary N) is 1. The van der Waals surface area contributed by atoms with Crippen LogP contribution in [0.4, 0.5) is 4.79 Å². The van der Waals surface area contributed by atoms with Crippen molar-refractivity contribution < 1.29 is 9.59 Å². The summed E-state index contributed by atoms with van der Waals surface area (Å²) in [6.45, 7) is 7.64. The second-order valence-electron chi connectivity index (χ2n) is 5.32. The van der Waals surface area contributed by atoms with E-state index in [0.717, 1.165) is 19.5 Å². The third-order valence-corrected chi connectivity index (χ3v) is 3.09. The Balaban J connectivity index is 2.27. The van der Waals surface area contributed by atoms with Gasteiger partial charge in [0.25, 0.3) is 0 Å². The third kappa shape index (κ3) is 5.01. The smallest absolute Gasteiger partial charge is 0.321 e. The van der Waals surface area contributed by atoms with Gasteiger partial charge in [-0.15, -0.1) is 0 Å². The SMILES string of the molecule is CC(C)NC(=O)NC(=O)CN1CCC(C(C)N)C1. The predicted molar refractivity (Wildman–Crippen MR) is 70.0 cm³/mol. The number of likely N-dealkylation sites (tertiary alicyclic amines) is 1. The molecule has 104 valence electrons. The van der Waals surface area contributed by atoms with Gasteiger partial charge in [-0.1, -0.05) is 0 Å². The van der Waals surface area contributed by atoms with Crippen LogP contribution in [-0.4, -0.2) is 48.6 Å². The zero-order chi connectivity index (χ0) is 13.7. The molecule has 0 spiro atoms. The Hall–Kier alpha value is -1.14. The zero-order valence-electron chi connectivity index (χ0n) is 11.4. The van der Waals surface area contributed by atoms with Gasteiger partial charge in [-0.3, -0.25) is 15.0 Å². The molecule has 1 rings (SSSR count). The molecule has 6 heteroatoms. The number of imide groups is 1. The van der Waals surface area contributed by atoms with Crippen molar-refractivity contribution in [3.63, 3.8) is 0 Å². The molecule has 0 aromatic heterocycles. The first kappa shape index (κ1) is 14.9. The van der Waals surface area contributed by atoms with Crippen LogP contribution < -0.4 is 16.4 Å². The first-order valence-electron chi connectivity index (χ1n) is 6.46. The maximum atomic E-state index is 11.6. The molecule has 0 aromatic rings. The standard InChI is InChI=1S/C12H24N4O2/c1-8(2)14-12(18)15-11(17)7-16-5-4-10(6-16)9(3)13/h8-10H,4-7,13H2,1-3H3,(H2,14,15,17,18). The summed E-state index contributed by atoms with van der Waals surface area (Å²) in [6, 6.07) is -0.257. The molecule has 1 aliphatic heterocycles. The minimum atomic E-state index is -0.432. The Morgan fingerprint density at radius 3 is 2.56 bits per heavy atom. The summed E-state index contributed by atoms with van der Waals surface area (Å²) in [5, 5.41) is 4.94. The molecular weight excluding hydrogens is 232 g/mol. The van der Waals surface area contributed by atoms with Crippen LogP contribution in [0.5, 0.6) is 0 Å². The number of hydrogen-bond acceptors (Lipinski definition) is 4. The molecule has 4 N–H and O–H groups in total. The molecule has 2 atom stereocenters. The summed E-state index contributed by atoms with van der Waals surface area (Å²) in [5.74, 6) is 0.181. The fourth-order valence-electron chi connectivity index (χ4n) is 2.10. The van der Waals surface area contributed by atoms with Crippen LogP contribution in [-0.2, 0) is 4.79 Å². The Morgan fingerprint density at radius 2 is 2.06 bits per heavy atom. The summed E-state index contributed by atoms with van der Waals surface area (Å²) in [6.07, 6.45) is 1.02. The van der Waals surface area contributed by atoms with E-state index >= 15 is 0 Å². The monoisotopic (exact) mass is 256 g/mol. The lowest BCUT2D eigenvalue weighted by Gasteiger charge is -2.17. The van der Waals surface area contributed by atoms with E-state index in [1.165, 1.54) is 0 Å². The molecule has 0 radical (unpaired) electrons. The molecule has 2 unspecified atom stereocenters. The van der Waals surface area contributed by atoms with Crippen LogP contribution >= 0.6 is 0 Å². The average molecular weight is 256 g/mol. The average Bonchev–Trinajstić information content (AvgIpc) is 2.63. The summed E-state index contributed by atoms with van der Waals surface area (Å²) < 4.78 is 0. The second kappa shape index (κ2) is 6.70. The van der Waals surface area contributed by atoms with E-state index in [2.05, 4.69) is 10.6 Å². The highest BCUT2D eigenvalue weighted by molar-refractivity contribution is 5.95. The van der Waals surface area contributed by atoms with E-state index < -0.39 is 6.03 Å². The summed E-state index contributed by atoms with van der Waals surface area (Å²) in [4.78, 5) is 25.0. The van der Waals surface area contributed by atoms with E-state index in [9.17, 15) is 9.59 Å². The Bertz CT molecular complexity index is 304. The third-order valence-electron chi connectivity index (χ3n) is 3.09. The summed E-state index contributed by atoms with van der Waals surface area (Å²) in [7, 11) is 0. The number of nitrogens with one attached hydrogen (secondary N) is 2. The van der Waals surface area contributed by atoms with Crippen molar-refractivity contribution in [3.05, 3.63) is 0 Å². The predicted octanol–water partition coefficient (Wildman–Crippen LogP) is -0.110. The fourth-order valence-corrected chi connectivity index (χ4v) is 2.10. The van der Waals surface area contributed by atoms with Crippen molar-refractivity contribution in [1.82, 2.24) is 15.5 Å². The Kier molecular flexibility index (Phi) is 5.55. The molecule has 0 aromatic carbocycles.